The number of aromatic nitrogens is 1. The summed E-state index contributed by atoms with van der Waals surface area (Å²) in [6, 6.07) is 3.69. The highest BCUT2D eigenvalue weighted by molar-refractivity contribution is 5.81. The van der Waals surface area contributed by atoms with Gasteiger partial charge in [-0.05, 0) is 18.1 Å². The van der Waals surface area contributed by atoms with E-state index in [0.717, 1.165) is 30.9 Å². The molecule has 0 radical (unpaired) electrons. The Morgan fingerprint density at radius 2 is 2.24 bits per heavy atom. The maximum absolute atomic E-state index is 11.7. The molecule has 0 spiro atoms. The number of amides is 1. The summed E-state index contributed by atoms with van der Waals surface area (Å²) in [4.78, 5) is 19.7. The minimum Gasteiger partial charge on any atom is -0.392 e. The second-order valence-electron chi connectivity index (χ2n) is 4.27. The normalized spacial score (nSPS) is 17.2. The van der Waals surface area contributed by atoms with Gasteiger partial charge in [-0.2, -0.15) is 0 Å². The lowest BCUT2D eigenvalue weighted by atomic mass is 10.3. The van der Waals surface area contributed by atoms with Gasteiger partial charge in [-0.15, -0.1) is 0 Å². The average molecular weight is 235 g/mol. The van der Waals surface area contributed by atoms with Crippen LogP contribution in [0.5, 0.6) is 0 Å². The fraction of sp³-hybridized carbons (Fsp3) is 0.500. The summed E-state index contributed by atoms with van der Waals surface area (Å²) in [7, 11) is 1.83. The molecule has 5 nitrogen and oxygen atoms in total. The minimum absolute atomic E-state index is 0.00501. The Labute approximate surface area is 101 Å². The molecule has 0 aromatic carbocycles. The number of carbonyl (C=O) groups excluding carboxylic acids is 1. The first-order valence-electron chi connectivity index (χ1n) is 5.75. The second-order valence-corrected chi connectivity index (χ2v) is 4.27. The first-order chi connectivity index (χ1) is 8.20. The molecule has 0 bridgehead atoms. The van der Waals surface area contributed by atoms with Gasteiger partial charge in [0.1, 0.15) is 5.82 Å². The first-order valence-corrected chi connectivity index (χ1v) is 5.75. The summed E-state index contributed by atoms with van der Waals surface area (Å²) in [5.74, 6) is 0.918. The highest BCUT2D eigenvalue weighted by Gasteiger charge is 2.19. The van der Waals surface area contributed by atoms with E-state index in [4.69, 9.17) is 5.11 Å². The van der Waals surface area contributed by atoms with Crippen molar-refractivity contribution in [1.82, 2.24) is 9.88 Å². The molecule has 1 amide bonds. The van der Waals surface area contributed by atoms with Crippen LogP contribution in [0.3, 0.4) is 0 Å². The van der Waals surface area contributed by atoms with Gasteiger partial charge >= 0.3 is 0 Å². The lowest BCUT2D eigenvalue weighted by molar-refractivity contribution is -0.127. The first kappa shape index (κ1) is 11.9. The quantitative estimate of drug-likeness (QED) is 0.798. The van der Waals surface area contributed by atoms with Crippen molar-refractivity contribution < 1.29 is 9.90 Å². The lowest BCUT2D eigenvalue weighted by Crippen LogP contribution is -2.34. The molecule has 1 fully saturated rings. The number of aliphatic hydroxyl groups excluding tert-OH is 1. The largest absolute Gasteiger partial charge is 0.392 e. The number of nitrogens with zero attached hydrogens (tertiary/aromatic N) is 3. The summed E-state index contributed by atoms with van der Waals surface area (Å²) in [6.45, 7) is 2.00. The number of rotatable bonds is 2. The van der Waals surface area contributed by atoms with E-state index in [1.165, 1.54) is 0 Å². The van der Waals surface area contributed by atoms with Crippen LogP contribution in [0.1, 0.15) is 12.0 Å². The highest BCUT2D eigenvalue weighted by Crippen LogP contribution is 2.14. The number of hydrogen-bond donors (Lipinski definition) is 1. The van der Waals surface area contributed by atoms with Gasteiger partial charge in [-0.25, -0.2) is 4.98 Å². The number of anilines is 1. The Hall–Kier alpha value is -1.62. The van der Waals surface area contributed by atoms with E-state index >= 15 is 0 Å². The molecule has 0 atom stereocenters. The van der Waals surface area contributed by atoms with Crippen LogP contribution in [0.4, 0.5) is 5.82 Å². The minimum atomic E-state index is -0.00501. The Bertz CT molecular complexity index is 391. The molecule has 2 rings (SSSR count). The number of hydrogen-bond acceptors (Lipinski definition) is 4. The molecule has 1 aliphatic heterocycles. The van der Waals surface area contributed by atoms with Crippen LogP contribution in [0, 0.1) is 0 Å². The Morgan fingerprint density at radius 3 is 2.88 bits per heavy atom. The van der Waals surface area contributed by atoms with Crippen molar-refractivity contribution >= 4 is 11.7 Å². The summed E-state index contributed by atoms with van der Waals surface area (Å²) in [5, 5.41) is 8.95. The highest BCUT2D eigenvalue weighted by atomic mass is 16.3. The molecule has 0 unspecified atom stereocenters. The van der Waals surface area contributed by atoms with Crippen LogP contribution < -0.4 is 4.90 Å². The van der Waals surface area contributed by atoms with E-state index in [2.05, 4.69) is 4.98 Å². The Balaban J connectivity index is 2.12. The van der Waals surface area contributed by atoms with E-state index in [-0.39, 0.29) is 12.5 Å². The second kappa shape index (κ2) is 5.14. The number of likely N-dealkylation sites (N-methyl/N-ethyl adjacent to an activating group) is 1. The molecule has 2 heterocycles. The SMILES string of the molecule is CN1CCCN(c2ccc(CO)cn2)CC1=O. The molecule has 1 saturated heterocycles. The van der Waals surface area contributed by atoms with Crippen LogP contribution in [0.15, 0.2) is 18.3 Å². The van der Waals surface area contributed by atoms with Crippen molar-refractivity contribution in [3.05, 3.63) is 23.9 Å². The van der Waals surface area contributed by atoms with Crippen LogP contribution >= 0.6 is 0 Å². The smallest absolute Gasteiger partial charge is 0.241 e. The molecule has 1 N–H and O–H groups in total. The fourth-order valence-corrected chi connectivity index (χ4v) is 1.88. The van der Waals surface area contributed by atoms with Crippen LogP contribution in [-0.4, -0.2) is 47.6 Å². The molecule has 1 aromatic rings. The van der Waals surface area contributed by atoms with Crippen molar-refractivity contribution in [2.45, 2.75) is 13.0 Å². The van der Waals surface area contributed by atoms with Crippen molar-refractivity contribution in [3.8, 4) is 0 Å². The van der Waals surface area contributed by atoms with Gasteiger partial charge in [-0.3, -0.25) is 4.79 Å². The standard InChI is InChI=1S/C12H17N3O2/c1-14-5-2-6-15(8-12(14)17)11-4-3-10(9-16)7-13-11/h3-4,7,16H,2,5-6,8-9H2,1H3. The number of aliphatic hydroxyl groups is 1. The summed E-state index contributed by atoms with van der Waals surface area (Å²) >= 11 is 0. The van der Waals surface area contributed by atoms with Gasteiger partial charge in [-0.1, -0.05) is 6.07 Å². The summed E-state index contributed by atoms with van der Waals surface area (Å²) in [5.41, 5.74) is 0.784. The maximum atomic E-state index is 11.7. The summed E-state index contributed by atoms with van der Waals surface area (Å²) in [6.07, 6.45) is 2.60. The van der Waals surface area contributed by atoms with Gasteiger partial charge in [0.25, 0.3) is 0 Å². The van der Waals surface area contributed by atoms with Gasteiger partial charge in [0.15, 0.2) is 0 Å². The third-order valence-electron chi connectivity index (χ3n) is 2.99. The lowest BCUT2D eigenvalue weighted by Gasteiger charge is -2.20. The molecule has 17 heavy (non-hydrogen) atoms. The molecular formula is C12H17N3O2. The zero-order chi connectivity index (χ0) is 12.3. The maximum Gasteiger partial charge on any atom is 0.241 e. The molecular weight excluding hydrogens is 218 g/mol. The molecule has 0 saturated carbocycles. The molecule has 5 heteroatoms. The van der Waals surface area contributed by atoms with Crippen molar-refractivity contribution in [1.29, 1.82) is 0 Å². The Kier molecular flexibility index (Phi) is 3.58. The van der Waals surface area contributed by atoms with E-state index < -0.39 is 0 Å². The predicted octanol–water partition coefficient (Wildman–Crippen LogP) is 0.242. The average Bonchev–Trinajstić information content (AvgIpc) is 2.52. The van der Waals surface area contributed by atoms with Gasteiger partial charge in [0.2, 0.25) is 5.91 Å². The molecule has 1 aliphatic rings. The van der Waals surface area contributed by atoms with E-state index in [0.29, 0.717) is 6.54 Å². The zero-order valence-electron chi connectivity index (χ0n) is 9.96. The number of pyridine rings is 1. The van der Waals surface area contributed by atoms with Gasteiger partial charge in [0.05, 0.1) is 13.2 Å². The van der Waals surface area contributed by atoms with Gasteiger partial charge in [0, 0.05) is 26.3 Å². The van der Waals surface area contributed by atoms with Gasteiger partial charge < -0.3 is 14.9 Å². The van der Waals surface area contributed by atoms with E-state index in [9.17, 15) is 4.79 Å². The monoisotopic (exact) mass is 235 g/mol. The van der Waals surface area contributed by atoms with E-state index in [1.54, 1.807) is 11.1 Å². The van der Waals surface area contributed by atoms with Crippen LogP contribution in [0.25, 0.3) is 0 Å². The van der Waals surface area contributed by atoms with Crippen molar-refractivity contribution in [3.63, 3.8) is 0 Å². The Morgan fingerprint density at radius 1 is 1.41 bits per heavy atom. The zero-order valence-corrected chi connectivity index (χ0v) is 9.96. The van der Waals surface area contributed by atoms with E-state index in [1.807, 2.05) is 24.1 Å². The van der Waals surface area contributed by atoms with Crippen molar-refractivity contribution in [2.24, 2.45) is 0 Å². The number of carbonyl (C=O) groups is 1. The third-order valence-corrected chi connectivity index (χ3v) is 2.99. The van der Waals surface area contributed by atoms with Crippen LogP contribution in [0.2, 0.25) is 0 Å². The predicted molar refractivity (Wildman–Crippen MR) is 64.6 cm³/mol. The topological polar surface area (TPSA) is 56.7 Å². The third kappa shape index (κ3) is 2.74. The fourth-order valence-electron chi connectivity index (χ4n) is 1.88. The van der Waals surface area contributed by atoms with Crippen LogP contribution in [-0.2, 0) is 11.4 Å². The van der Waals surface area contributed by atoms with Crippen molar-refractivity contribution in [2.75, 3.05) is 31.6 Å². The molecule has 92 valence electrons. The summed E-state index contributed by atoms with van der Waals surface area (Å²) < 4.78 is 0. The molecule has 0 aliphatic carbocycles. The molecule has 1 aromatic heterocycles.